The van der Waals surface area contributed by atoms with Gasteiger partial charge in [-0.2, -0.15) is 0 Å². The summed E-state index contributed by atoms with van der Waals surface area (Å²) in [6, 6.07) is 11.1. The summed E-state index contributed by atoms with van der Waals surface area (Å²) in [4.78, 5) is 17.4. The Bertz CT molecular complexity index is 758. The second kappa shape index (κ2) is 9.24. The summed E-state index contributed by atoms with van der Waals surface area (Å²) in [5.41, 5.74) is 2.94. The molecule has 0 saturated carbocycles. The Morgan fingerprint density at radius 3 is 2.89 bits per heavy atom. The average Bonchev–Trinajstić information content (AvgIpc) is 3.39. The molecular formula is C21H26N2O2S2. The highest BCUT2D eigenvalue weighted by Crippen LogP contribution is 2.28. The molecule has 2 aliphatic rings. The van der Waals surface area contributed by atoms with E-state index in [4.69, 9.17) is 4.74 Å². The summed E-state index contributed by atoms with van der Waals surface area (Å²) >= 11 is 3.40. The van der Waals surface area contributed by atoms with Crippen LogP contribution < -0.4 is 5.32 Å². The number of morpholine rings is 1. The number of rotatable bonds is 7. The molecule has 0 spiro atoms. The first-order valence-electron chi connectivity index (χ1n) is 9.66. The van der Waals surface area contributed by atoms with Crippen LogP contribution >= 0.6 is 23.1 Å². The van der Waals surface area contributed by atoms with Gasteiger partial charge in [-0.3, -0.25) is 9.69 Å². The number of nitrogens with zero attached hydrogens (tertiary/aromatic N) is 1. The van der Waals surface area contributed by atoms with E-state index >= 15 is 0 Å². The highest BCUT2D eigenvalue weighted by atomic mass is 32.2. The van der Waals surface area contributed by atoms with Crippen LogP contribution in [0.3, 0.4) is 0 Å². The van der Waals surface area contributed by atoms with E-state index in [1.165, 1.54) is 40.2 Å². The minimum Gasteiger partial charge on any atom is -0.379 e. The van der Waals surface area contributed by atoms with Crippen molar-refractivity contribution in [2.45, 2.75) is 30.2 Å². The molecule has 1 unspecified atom stereocenters. The molecule has 6 heteroatoms. The Balaban J connectivity index is 1.30. The molecule has 1 aliphatic carbocycles. The highest BCUT2D eigenvalue weighted by molar-refractivity contribution is 8.00. The molecule has 1 aromatic carbocycles. The fourth-order valence-electron chi connectivity index (χ4n) is 3.83. The molecule has 1 aliphatic heterocycles. The van der Waals surface area contributed by atoms with Gasteiger partial charge in [0.1, 0.15) is 0 Å². The van der Waals surface area contributed by atoms with E-state index in [0.717, 1.165) is 26.3 Å². The number of thioether (sulfide) groups is 1. The van der Waals surface area contributed by atoms with Crippen molar-refractivity contribution in [3.63, 3.8) is 0 Å². The van der Waals surface area contributed by atoms with Crippen LogP contribution in [-0.4, -0.2) is 49.4 Å². The fraction of sp³-hybridized carbons (Fsp3) is 0.476. The summed E-state index contributed by atoms with van der Waals surface area (Å²) in [5.74, 6) is 0.578. The third-order valence-corrected chi connectivity index (χ3v) is 7.26. The van der Waals surface area contributed by atoms with Crippen molar-refractivity contribution in [3.05, 3.63) is 51.7 Å². The molecule has 1 fully saturated rings. The van der Waals surface area contributed by atoms with Gasteiger partial charge in [-0.25, -0.2) is 0 Å². The van der Waals surface area contributed by atoms with Gasteiger partial charge in [-0.1, -0.05) is 12.1 Å². The summed E-state index contributed by atoms with van der Waals surface area (Å²) < 4.78 is 5.48. The number of benzene rings is 1. The Morgan fingerprint density at radius 2 is 2.07 bits per heavy atom. The van der Waals surface area contributed by atoms with Crippen molar-refractivity contribution >= 4 is 29.0 Å². The maximum absolute atomic E-state index is 12.4. The van der Waals surface area contributed by atoms with Crippen LogP contribution in [0, 0.1) is 0 Å². The number of carbonyl (C=O) groups excluding carboxylic acids is 1. The van der Waals surface area contributed by atoms with E-state index < -0.39 is 0 Å². The molecule has 1 amide bonds. The molecule has 1 saturated heterocycles. The zero-order valence-electron chi connectivity index (χ0n) is 15.5. The monoisotopic (exact) mass is 402 g/mol. The Labute approximate surface area is 169 Å². The first-order chi connectivity index (χ1) is 13.3. The molecule has 2 heterocycles. The molecule has 144 valence electrons. The van der Waals surface area contributed by atoms with E-state index in [0.29, 0.717) is 12.3 Å². The number of thiophene rings is 1. The van der Waals surface area contributed by atoms with E-state index in [9.17, 15) is 4.79 Å². The van der Waals surface area contributed by atoms with Crippen LogP contribution in [0.1, 0.15) is 28.5 Å². The molecule has 1 aromatic heterocycles. The van der Waals surface area contributed by atoms with Crippen molar-refractivity contribution in [2.75, 3.05) is 38.6 Å². The number of amides is 1. The van der Waals surface area contributed by atoms with E-state index in [1.807, 2.05) is 0 Å². The van der Waals surface area contributed by atoms with Gasteiger partial charge >= 0.3 is 0 Å². The maximum Gasteiger partial charge on any atom is 0.230 e. The third kappa shape index (κ3) is 4.93. The summed E-state index contributed by atoms with van der Waals surface area (Å²) in [6.45, 7) is 4.03. The van der Waals surface area contributed by atoms with Crippen LogP contribution in [0.4, 0.5) is 0 Å². The standard InChI is InChI=1S/C21H26N2O2S2/c24-21(15-27-18-7-6-16-3-1-4-17(16)13-18)22-14-19(20-5-2-12-26-20)23-8-10-25-11-9-23/h2,5-7,12-13,19H,1,3-4,8-11,14-15H2,(H,22,24). The van der Waals surface area contributed by atoms with Crippen LogP contribution in [0.15, 0.2) is 40.6 Å². The third-order valence-electron chi connectivity index (χ3n) is 5.29. The van der Waals surface area contributed by atoms with Crippen molar-refractivity contribution < 1.29 is 9.53 Å². The predicted octanol–water partition coefficient (Wildman–Crippen LogP) is 3.52. The fourth-order valence-corrected chi connectivity index (χ4v) is 5.48. The van der Waals surface area contributed by atoms with Crippen molar-refractivity contribution in [2.24, 2.45) is 0 Å². The SMILES string of the molecule is O=C(CSc1ccc2c(c1)CCC2)NCC(c1cccs1)N1CCOCC1. The molecule has 1 atom stereocenters. The molecule has 0 bridgehead atoms. The minimum atomic E-state index is 0.107. The first-order valence-corrected chi connectivity index (χ1v) is 11.5. The number of hydrogen-bond donors (Lipinski definition) is 1. The number of fused-ring (bicyclic) bond motifs is 1. The zero-order valence-corrected chi connectivity index (χ0v) is 17.1. The molecule has 4 rings (SSSR count). The van der Waals surface area contributed by atoms with E-state index in [2.05, 4.69) is 45.9 Å². The van der Waals surface area contributed by atoms with Crippen LogP contribution in [0.5, 0.6) is 0 Å². The number of nitrogens with one attached hydrogen (secondary N) is 1. The molecule has 1 N–H and O–H groups in total. The van der Waals surface area contributed by atoms with Gasteiger partial charge in [-0.15, -0.1) is 23.1 Å². The predicted molar refractivity (Wildman–Crippen MR) is 112 cm³/mol. The largest absolute Gasteiger partial charge is 0.379 e. The van der Waals surface area contributed by atoms with Crippen molar-refractivity contribution in [1.82, 2.24) is 10.2 Å². The lowest BCUT2D eigenvalue weighted by molar-refractivity contribution is -0.118. The van der Waals surface area contributed by atoms with Crippen molar-refractivity contribution in [1.29, 1.82) is 0 Å². The smallest absolute Gasteiger partial charge is 0.230 e. The minimum absolute atomic E-state index is 0.107. The van der Waals surface area contributed by atoms with Crippen LogP contribution in [0.25, 0.3) is 0 Å². The van der Waals surface area contributed by atoms with Gasteiger partial charge in [0.15, 0.2) is 0 Å². The lowest BCUT2D eigenvalue weighted by Gasteiger charge is -2.34. The average molecular weight is 403 g/mol. The normalized spacial score (nSPS) is 18.2. The number of aryl methyl sites for hydroxylation is 2. The molecule has 4 nitrogen and oxygen atoms in total. The van der Waals surface area contributed by atoms with Gasteiger partial charge in [0, 0.05) is 29.4 Å². The van der Waals surface area contributed by atoms with Gasteiger partial charge < -0.3 is 10.1 Å². The molecule has 27 heavy (non-hydrogen) atoms. The van der Waals surface area contributed by atoms with Crippen LogP contribution in [-0.2, 0) is 22.4 Å². The summed E-state index contributed by atoms with van der Waals surface area (Å²) in [7, 11) is 0. The van der Waals surface area contributed by atoms with Gasteiger partial charge in [0.25, 0.3) is 0 Å². The van der Waals surface area contributed by atoms with Gasteiger partial charge in [0.2, 0.25) is 5.91 Å². The highest BCUT2D eigenvalue weighted by Gasteiger charge is 2.24. The van der Waals surface area contributed by atoms with Crippen molar-refractivity contribution in [3.8, 4) is 0 Å². The molecular weight excluding hydrogens is 376 g/mol. The molecule has 2 aromatic rings. The van der Waals surface area contributed by atoms with E-state index in [-0.39, 0.29) is 11.9 Å². The van der Waals surface area contributed by atoms with Gasteiger partial charge in [-0.05, 0) is 54.0 Å². The quantitative estimate of drug-likeness (QED) is 0.720. The van der Waals surface area contributed by atoms with E-state index in [1.54, 1.807) is 23.1 Å². The summed E-state index contributed by atoms with van der Waals surface area (Å²) in [6.07, 6.45) is 3.64. The second-order valence-electron chi connectivity index (χ2n) is 7.06. The Kier molecular flexibility index (Phi) is 6.50. The maximum atomic E-state index is 12.4. The lowest BCUT2D eigenvalue weighted by atomic mass is 10.1. The Hall–Kier alpha value is -1.34. The Morgan fingerprint density at radius 1 is 1.22 bits per heavy atom. The topological polar surface area (TPSA) is 41.6 Å². The second-order valence-corrected chi connectivity index (χ2v) is 9.08. The molecule has 0 radical (unpaired) electrons. The number of ether oxygens (including phenoxy) is 1. The zero-order chi connectivity index (χ0) is 18.5. The summed E-state index contributed by atoms with van der Waals surface area (Å²) in [5, 5.41) is 5.26. The number of carbonyl (C=O) groups is 1. The van der Waals surface area contributed by atoms with Gasteiger partial charge in [0.05, 0.1) is 25.0 Å². The lowest BCUT2D eigenvalue weighted by Crippen LogP contribution is -2.43. The van der Waals surface area contributed by atoms with Crippen LogP contribution in [0.2, 0.25) is 0 Å². The first kappa shape index (κ1) is 19.0. The number of hydrogen-bond acceptors (Lipinski definition) is 5.